The number of carbonyl (C=O) groups excluding carboxylic acids is 1. The molecule has 1 aromatic heterocycles. The Hall–Kier alpha value is -3.11. The number of nitrogens with two attached hydrogens (primary N) is 1. The Kier molecular flexibility index (Phi) is 5.28. The molecule has 0 saturated heterocycles. The van der Waals surface area contributed by atoms with E-state index >= 15 is 0 Å². The average Bonchev–Trinajstić information content (AvgIpc) is 3.09. The highest BCUT2D eigenvalue weighted by atomic mass is 32.2. The van der Waals surface area contributed by atoms with E-state index in [0.29, 0.717) is 17.1 Å². The number of rotatable bonds is 6. The summed E-state index contributed by atoms with van der Waals surface area (Å²) < 4.78 is 40.7. The Balaban J connectivity index is 1.59. The largest absolute Gasteiger partial charge is 0.339 e. The van der Waals surface area contributed by atoms with Gasteiger partial charge in [-0.25, -0.2) is 17.9 Å². The van der Waals surface area contributed by atoms with Gasteiger partial charge in [-0.1, -0.05) is 11.2 Å². The van der Waals surface area contributed by atoms with Crippen molar-refractivity contribution in [2.24, 2.45) is 5.14 Å². The summed E-state index contributed by atoms with van der Waals surface area (Å²) in [4.78, 5) is 16.1. The number of primary sulfonamides is 1. The lowest BCUT2D eigenvalue weighted by molar-refractivity contribution is -0.116. The Bertz CT molecular complexity index is 1060. The van der Waals surface area contributed by atoms with E-state index < -0.39 is 10.0 Å². The van der Waals surface area contributed by atoms with Gasteiger partial charge in [0.1, 0.15) is 5.82 Å². The predicted molar refractivity (Wildman–Crippen MR) is 94.5 cm³/mol. The second kappa shape index (κ2) is 7.64. The number of carbonyl (C=O) groups is 1. The van der Waals surface area contributed by atoms with Crippen molar-refractivity contribution in [1.29, 1.82) is 0 Å². The first-order valence-corrected chi connectivity index (χ1v) is 9.37. The second-order valence-corrected chi connectivity index (χ2v) is 7.20. The second-order valence-electron chi connectivity index (χ2n) is 5.64. The molecule has 0 aliphatic carbocycles. The topological polar surface area (TPSA) is 128 Å². The average molecular weight is 390 g/mol. The summed E-state index contributed by atoms with van der Waals surface area (Å²) in [5, 5.41) is 11.4. The van der Waals surface area contributed by atoms with E-state index in [0.717, 1.165) is 0 Å². The number of halogens is 1. The zero-order chi connectivity index (χ0) is 19.4. The third-order valence-corrected chi connectivity index (χ3v) is 4.49. The number of aromatic nitrogens is 2. The number of benzene rings is 2. The molecular formula is C17H15FN4O4S. The van der Waals surface area contributed by atoms with Gasteiger partial charge in [0.2, 0.25) is 27.6 Å². The van der Waals surface area contributed by atoms with Gasteiger partial charge in [-0.2, -0.15) is 4.98 Å². The molecule has 0 radical (unpaired) electrons. The van der Waals surface area contributed by atoms with E-state index in [9.17, 15) is 17.6 Å². The molecule has 3 aromatic rings. The first kappa shape index (κ1) is 18.7. The number of amides is 1. The summed E-state index contributed by atoms with van der Waals surface area (Å²) in [6.45, 7) is 0. The fourth-order valence-electron chi connectivity index (χ4n) is 2.27. The van der Waals surface area contributed by atoms with E-state index in [2.05, 4.69) is 15.5 Å². The van der Waals surface area contributed by atoms with E-state index in [1.807, 2.05) is 0 Å². The molecule has 140 valence electrons. The van der Waals surface area contributed by atoms with Gasteiger partial charge < -0.3 is 9.84 Å². The Morgan fingerprint density at radius 2 is 1.93 bits per heavy atom. The van der Waals surface area contributed by atoms with Crippen molar-refractivity contribution in [3.05, 3.63) is 60.2 Å². The first-order valence-electron chi connectivity index (χ1n) is 7.82. The van der Waals surface area contributed by atoms with Crippen molar-refractivity contribution in [3.63, 3.8) is 0 Å². The molecule has 2 aromatic carbocycles. The summed E-state index contributed by atoms with van der Waals surface area (Å²) in [6, 6.07) is 11.2. The van der Waals surface area contributed by atoms with Gasteiger partial charge in [-0.15, -0.1) is 0 Å². The number of nitrogens with zero attached hydrogens (tertiary/aromatic N) is 2. The van der Waals surface area contributed by atoms with Crippen LogP contribution in [0.1, 0.15) is 12.3 Å². The van der Waals surface area contributed by atoms with Crippen molar-refractivity contribution in [2.75, 3.05) is 5.32 Å². The van der Waals surface area contributed by atoms with Crippen LogP contribution in [0.25, 0.3) is 11.4 Å². The maximum Gasteiger partial charge on any atom is 0.238 e. The molecule has 1 heterocycles. The number of nitrogens with one attached hydrogen (secondary N) is 1. The van der Waals surface area contributed by atoms with Crippen LogP contribution in [0, 0.1) is 5.82 Å². The number of sulfonamides is 1. The van der Waals surface area contributed by atoms with E-state index in [4.69, 9.17) is 9.66 Å². The van der Waals surface area contributed by atoms with Crippen LogP contribution in [0.5, 0.6) is 0 Å². The van der Waals surface area contributed by atoms with Crippen LogP contribution < -0.4 is 10.5 Å². The van der Waals surface area contributed by atoms with Gasteiger partial charge in [0.15, 0.2) is 0 Å². The maximum atomic E-state index is 12.9. The molecule has 27 heavy (non-hydrogen) atoms. The van der Waals surface area contributed by atoms with Crippen molar-refractivity contribution in [3.8, 4) is 11.4 Å². The number of aryl methyl sites for hydroxylation is 1. The van der Waals surface area contributed by atoms with Gasteiger partial charge in [-0.3, -0.25) is 4.79 Å². The van der Waals surface area contributed by atoms with Gasteiger partial charge in [0.05, 0.1) is 4.90 Å². The minimum atomic E-state index is -3.85. The van der Waals surface area contributed by atoms with Gasteiger partial charge >= 0.3 is 0 Å². The zero-order valence-corrected chi connectivity index (χ0v) is 14.7. The van der Waals surface area contributed by atoms with Crippen LogP contribution in [-0.2, 0) is 21.2 Å². The molecule has 0 atom stereocenters. The van der Waals surface area contributed by atoms with E-state index in [1.54, 1.807) is 6.07 Å². The van der Waals surface area contributed by atoms with Crippen LogP contribution >= 0.6 is 0 Å². The standard InChI is InChI=1S/C17H15FN4O4S/c18-12-6-4-11(5-7-12)17-21-16(26-22-17)9-8-15(23)20-13-2-1-3-14(10-13)27(19,24)25/h1-7,10H,8-9H2,(H,20,23)(H2,19,24,25). The van der Waals surface area contributed by atoms with E-state index in [-0.39, 0.29) is 35.4 Å². The Morgan fingerprint density at radius 3 is 2.63 bits per heavy atom. The molecule has 0 bridgehead atoms. The van der Waals surface area contributed by atoms with Crippen molar-refractivity contribution >= 4 is 21.6 Å². The number of hydrogen-bond donors (Lipinski definition) is 2. The highest BCUT2D eigenvalue weighted by molar-refractivity contribution is 7.89. The Labute approximate surface area is 154 Å². The third-order valence-electron chi connectivity index (χ3n) is 3.58. The van der Waals surface area contributed by atoms with Crippen LogP contribution in [0.2, 0.25) is 0 Å². The summed E-state index contributed by atoms with van der Waals surface area (Å²) in [5.74, 6) is -0.178. The summed E-state index contributed by atoms with van der Waals surface area (Å²) >= 11 is 0. The quantitative estimate of drug-likeness (QED) is 0.663. The Morgan fingerprint density at radius 1 is 1.19 bits per heavy atom. The fraction of sp³-hybridized carbons (Fsp3) is 0.118. The fourth-order valence-corrected chi connectivity index (χ4v) is 2.83. The minimum absolute atomic E-state index is 0.0463. The zero-order valence-electron chi connectivity index (χ0n) is 13.9. The monoisotopic (exact) mass is 390 g/mol. The molecule has 0 saturated carbocycles. The molecule has 8 nitrogen and oxygen atoms in total. The van der Waals surface area contributed by atoms with Crippen molar-refractivity contribution < 1.29 is 22.1 Å². The van der Waals surface area contributed by atoms with Crippen LogP contribution in [0.4, 0.5) is 10.1 Å². The third kappa shape index (κ3) is 4.96. The van der Waals surface area contributed by atoms with Crippen molar-refractivity contribution in [1.82, 2.24) is 10.1 Å². The van der Waals surface area contributed by atoms with Crippen molar-refractivity contribution in [2.45, 2.75) is 17.7 Å². The highest BCUT2D eigenvalue weighted by Gasteiger charge is 2.12. The highest BCUT2D eigenvalue weighted by Crippen LogP contribution is 2.17. The van der Waals surface area contributed by atoms with Crippen LogP contribution in [-0.4, -0.2) is 24.5 Å². The summed E-state index contributed by atoms with van der Waals surface area (Å²) in [6.07, 6.45) is 0.236. The van der Waals surface area contributed by atoms with Gasteiger partial charge in [0, 0.05) is 24.1 Å². The summed E-state index contributed by atoms with van der Waals surface area (Å²) in [7, 11) is -3.85. The number of anilines is 1. The van der Waals surface area contributed by atoms with Gasteiger partial charge in [-0.05, 0) is 42.5 Å². The molecule has 0 unspecified atom stereocenters. The number of hydrogen-bond acceptors (Lipinski definition) is 6. The first-order chi connectivity index (χ1) is 12.8. The molecule has 10 heteroatoms. The summed E-state index contributed by atoms with van der Waals surface area (Å²) in [5.41, 5.74) is 0.903. The van der Waals surface area contributed by atoms with Crippen LogP contribution in [0.15, 0.2) is 57.9 Å². The molecule has 0 spiro atoms. The van der Waals surface area contributed by atoms with Gasteiger partial charge in [0.25, 0.3) is 0 Å². The molecule has 0 aliphatic rings. The lowest BCUT2D eigenvalue weighted by Crippen LogP contribution is -2.15. The molecule has 3 N–H and O–H groups in total. The lowest BCUT2D eigenvalue weighted by atomic mass is 10.2. The SMILES string of the molecule is NS(=O)(=O)c1cccc(NC(=O)CCc2nc(-c3ccc(F)cc3)no2)c1. The van der Waals surface area contributed by atoms with E-state index in [1.165, 1.54) is 42.5 Å². The normalized spacial score (nSPS) is 11.3. The molecule has 3 rings (SSSR count). The van der Waals surface area contributed by atoms with Crippen LogP contribution in [0.3, 0.4) is 0 Å². The smallest absolute Gasteiger partial charge is 0.238 e. The lowest BCUT2D eigenvalue weighted by Gasteiger charge is -2.05. The maximum absolute atomic E-state index is 12.9. The molecule has 1 amide bonds. The molecular weight excluding hydrogens is 375 g/mol. The minimum Gasteiger partial charge on any atom is -0.339 e. The predicted octanol–water partition coefficient (Wildman–Crippen LogP) is 2.09. The molecule has 0 fully saturated rings. The molecule has 0 aliphatic heterocycles.